The van der Waals surface area contributed by atoms with E-state index in [1.165, 1.54) is 0 Å². The van der Waals surface area contributed by atoms with Gasteiger partial charge in [-0.25, -0.2) is 0 Å². The fraction of sp³-hybridized carbons (Fsp3) is 0.714. The minimum atomic E-state index is 0.632. The van der Waals surface area contributed by atoms with Gasteiger partial charge >= 0.3 is 0 Å². The zero-order valence-corrected chi connectivity index (χ0v) is 6.02. The molecule has 0 aromatic carbocycles. The van der Waals surface area contributed by atoms with Crippen molar-refractivity contribution in [1.82, 2.24) is 4.90 Å². The molecule has 48 valence electrons. The van der Waals surface area contributed by atoms with Gasteiger partial charge in [0, 0.05) is 12.6 Å². The van der Waals surface area contributed by atoms with Crippen LogP contribution in [0.25, 0.3) is 0 Å². The molecule has 0 rings (SSSR count). The highest BCUT2D eigenvalue weighted by atomic mass is 15.1. The predicted octanol–water partition coefficient (Wildman–Crippen LogP) is 1.51. The molecule has 0 fully saturated rings. The zero-order chi connectivity index (χ0) is 6.57. The van der Waals surface area contributed by atoms with Crippen LogP contribution in [0.2, 0.25) is 0 Å². The lowest BCUT2D eigenvalue weighted by Crippen LogP contribution is -2.25. The molecule has 1 nitrogen and oxygen atoms in total. The summed E-state index contributed by atoms with van der Waals surface area (Å²) in [4.78, 5) is 2.23. The van der Waals surface area contributed by atoms with Crippen LogP contribution in [0.4, 0.5) is 0 Å². The van der Waals surface area contributed by atoms with Crippen LogP contribution in [0.5, 0.6) is 0 Å². The second-order valence-corrected chi connectivity index (χ2v) is 2.32. The number of likely N-dealkylation sites (N-methyl/N-ethyl adjacent to an activating group) is 1. The molecule has 0 unspecified atom stereocenters. The first kappa shape index (κ1) is 7.70. The van der Waals surface area contributed by atoms with E-state index in [4.69, 9.17) is 0 Å². The maximum absolute atomic E-state index is 3.64. The van der Waals surface area contributed by atoms with Crippen molar-refractivity contribution in [2.24, 2.45) is 0 Å². The minimum absolute atomic E-state index is 0.632. The van der Waals surface area contributed by atoms with E-state index in [0.717, 1.165) is 6.54 Å². The summed E-state index contributed by atoms with van der Waals surface area (Å²) >= 11 is 0. The van der Waals surface area contributed by atoms with Crippen LogP contribution < -0.4 is 0 Å². The Balaban J connectivity index is 3.30. The third kappa shape index (κ3) is 2.80. The highest BCUT2D eigenvalue weighted by molar-refractivity contribution is 4.72. The molecule has 0 aliphatic carbocycles. The Labute approximate surface area is 52.0 Å². The summed E-state index contributed by atoms with van der Waals surface area (Å²) in [6.45, 7) is 8.97. The molecule has 0 saturated carbocycles. The third-order valence-corrected chi connectivity index (χ3v) is 1.30. The SMILES string of the molecule is C=CCN(C)C(C)C. The third-order valence-electron chi connectivity index (χ3n) is 1.30. The number of rotatable bonds is 3. The zero-order valence-electron chi connectivity index (χ0n) is 6.02. The van der Waals surface area contributed by atoms with E-state index < -0.39 is 0 Å². The molecule has 8 heavy (non-hydrogen) atoms. The Hall–Kier alpha value is -0.300. The van der Waals surface area contributed by atoms with Crippen molar-refractivity contribution in [2.45, 2.75) is 19.9 Å². The molecule has 0 amide bonds. The average Bonchev–Trinajstić information content (AvgIpc) is 1.67. The van der Waals surface area contributed by atoms with Gasteiger partial charge in [0.05, 0.1) is 0 Å². The lowest BCUT2D eigenvalue weighted by atomic mass is 10.3. The quantitative estimate of drug-likeness (QED) is 0.501. The van der Waals surface area contributed by atoms with Gasteiger partial charge in [-0.1, -0.05) is 6.08 Å². The van der Waals surface area contributed by atoms with Gasteiger partial charge in [-0.05, 0) is 20.9 Å². The lowest BCUT2D eigenvalue weighted by molar-refractivity contribution is 0.303. The summed E-state index contributed by atoms with van der Waals surface area (Å²) in [5.74, 6) is 0. The molecule has 0 saturated heterocycles. The van der Waals surface area contributed by atoms with Crippen molar-refractivity contribution < 1.29 is 0 Å². The van der Waals surface area contributed by atoms with Gasteiger partial charge in [-0.3, -0.25) is 0 Å². The van der Waals surface area contributed by atoms with Gasteiger partial charge < -0.3 is 4.90 Å². The first-order valence-electron chi connectivity index (χ1n) is 2.99. The van der Waals surface area contributed by atoms with E-state index in [0.29, 0.717) is 6.04 Å². The summed E-state index contributed by atoms with van der Waals surface area (Å²) in [6.07, 6.45) is 1.92. The molecular weight excluding hydrogens is 98.1 g/mol. The monoisotopic (exact) mass is 113 g/mol. The Morgan fingerprint density at radius 2 is 2.12 bits per heavy atom. The van der Waals surface area contributed by atoms with Crippen molar-refractivity contribution in [3.63, 3.8) is 0 Å². The number of hydrogen-bond donors (Lipinski definition) is 0. The van der Waals surface area contributed by atoms with Gasteiger partial charge in [0.25, 0.3) is 0 Å². The number of nitrogens with zero attached hydrogens (tertiary/aromatic N) is 1. The van der Waals surface area contributed by atoms with Crippen molar-refractivity contribution in [2.75, 3.05) is 13.6 Å². The molecule has 0 aliphatic heterocycles. The van der Waals surface area contributed by atoms with Crippen molar-refractivity contribution in [1.29, 1.82) is 0 Å². The molecule has 0 radical (unpaired) electrons. The lowest BCUT2D eigenvalue weighted by Gasteiger charge is -2.17. The topological polar surface area (TPSA) is 3.24 Å². The molecule has 1 heteroatoms. The van der Waals surface area contributed by atoms with E-state index in [-0.39, 0.29) is 0 Å². The average molecular weight is 113 g/mol. The molecule has 0 heterocycles. The van der Waals surface area contributed by atoms with E-state index in [9.17, 15) is 0 Å². The molecule has 0 bridgehead atoms. The summed E-state index contributed by atoms with van der Waals surface area (Å²) in [5.41, 5.74) is 0. The standard InChI is InChI=1S/C7H15N/c1-5-6-8(4)7(2)3/h5,7H,1,6H2,2-4H3. The second kappa shape index (κ2) is 3.67. The Kier molecular flexibility index (Phi) is 3.53. The Morgan fingerprint density at radius 1 is 1.62 bits per heavy atom. The summed E-state index contributed by atoms with van der Waals surface area (Å²) in [6, 6.07) is 0.632. The predicted molar refractivity (Wildman–Crippen MR) is 38.0 cm³/mol. The van der Waals surface area contributed by atoms with E-state index in [1.807, 2.05) is 6.08 Å². The van der Waals surface area contributed by atoms with Crippen LogP contribution >= 0.6 is 0 Å². The molecule has 0 aromatic heterocycles. The van der Waals surface area contributed by atoms with Crippen molar-refractivity contribution in [3.8, 4) is 0 Å². The summed E-state index contributed by atoms with van der Waals surface area (Å²) in [7, 11) is 2.09. The molecule has 0 atom stereocenters. The van der Waals surface area contributed by atoms with Crippen LogP contribution in [-0.4, -0.2) is 24.5 Å². The van der Waals surface area contributed by atoms with Gasteiger partial charge in [-0.2, -0.15) is 0 Å². The van der Waals surface area contributed by atoms with Crippen LogP contribution in [0.1, 0.15) is 13.8 Å². The van der Waals surface area contributed by atoms with Crippen LogP contribution in [0, 0.1) is 0 Å². The second-order valence-electron chi connectivity index (χ2n) is 2.32. The fourth-order valence-electron chi connectivity index (χ4n) is 0.414. The summed E-state index contributed by atoms with van der Waals surface area (Å²) in [5, 5.41) is 0. The van der Waals surface area contributed by atoms with Gasteiger partial charge in [0.2, 0.25) is 0 Å². The van der Waals surface area contributed by atoms with Gasteiger partial charge in [0.1, 0.15) is 0 Å². The minimum Gasteiger partial charge on any atom is -0.300 e. The van der Waals surface area contributed by atoms with E-state index >= 15 is 0 Å². The van der Waals surface area contributed by atoms with E-state index in [1.54, 1.807) is 0 Å². The Morgan fingerprint density at radius 3 is 2.25 bits per heavy atom. The van der Waals surface area contributed by atoms with Crippen molar-refractivity contribution >= 4 is 0 Å². The van der Waals surface area contributed by atoms with Gasteiger partial charge in [-0.15, -0.1) is 6.58 Å². The van der Waals surface area contributed by atoms with Crippen molar-refractivity contribution in [3.05, 3.63) is 12.7 Å². The first-order valence-corrected chi connectivity index (χ1v) is 2.99. The molecule has 0 N–H and O–H groups in total. The maximum atomic E-state index is 3.64. The summed E-state index contributed by atoms with van der Waals surface area (Å²) < 4.78 is 0. The molecular formula is C7H15N. The normalized spacial score (nSPS) is 10.6. The smallest absolute Gasteiger partial charge is 0.0160 e. The van der Waals surface area contributed by atoms with Crippen LogP contribution in [0.3, 0.4) is 0 Å². The molecule has 0 aromatic rings. The van der Waals surface area contributed by atoms with Crippen LogP contribution in [0.15, 0.2) is 12.7 Å². The Bertz CT molecular complexity index is 66.8. The highest BCUT2D eigenvalue weighted by Crippen LogP contribution is 1.90. The largest absolute Gasteiger partial charge is 0.300 e. The van der Waals surface area contributed by atoms with Crippen LogP contribution in [-0.2, 0) is 0 Å². The number of hydrogen-bond acceptors (Lipinski definition) is 1. The van der Waals surface area contributed by atoms with Gasteiger partial charge in [0.15, 0.2) is 0 Å². The first-order chi connectivity index (χ1) is 3.68. The molecule has 0 spiro atoms. The molecule has 0 aliphatic rings. The fourth-order valence-corrected chi connectivity index (χ4v) is 0.414. The highest BCUT2D eigenvalue weighted by Gasteiger charge is 1.97. The maximum Gasteiger partial charge on any atom is 0.0160 e. The van der Waals surface area contributed by atoms with E-state index in [2.05, 4.69) is 32.4 Å².